The van der Waals surface area contributed by atoms with E-state index in [0.29, 0.717) is 18.7 Å². The molecule has 0 spiro atoms. The van der Waals surface area contributed by atoms with Gasteiger partial charge < -0.3 is 5.32 Å². The molecule has 0 amide bonds. The zero-order valence-corrected chi connectivity index (χ0v) is 10.9. The van der Waals surface area contributed by atoms with E-state index >= 15 is 0 Å². The van der Waals surface area contributed by atoms with Gasteiger partial charge in [0.15, 0.2) is 0 Å². The summed E-state index contributed by atoms with van der Waals surface area (Å²) in [4.78, 5) is 5.47. The van der Waals surface area contributed by atoms with Crippen LogP contribution in [-0.4, -0.2) is 4.98 Å². The summed E-state index contributed by atoms with van der Waals surface area (Å²) in [5.41, 5.74) is 0.335. The van der Waals surface area contributed by atoms with E-state index in [1.165, 1.54) is 10.9 Å². The normalized spacial score (nSPS) is 10.8. The van der Waals surface area contributed by atoms with Crippen LogP contribution in [0.4, 0.5) is 8.78 Å². The molecule has 1 aromatic carbocycles. The molecule has 1 heterocycles. The number of rotatable bonds is 5. The molecule has 18 heavy (non-hydrogen) atoms. The Hall–Kier alpha value is -1.33. The van der Waals surface area contributed by atoms with Gasteiger partial charge in [0, 0.05) is 29.7 Å². The topological polar surface area (TPSA) is 24.9 Å². The summed E-state index contributed by atoms with van der Waals surface area (Å²) in [7, 11) is 0. The van der Waals surface area contributed by atoms with E-state index in [2.05, 4.69) is 17.2 Å². The summed E-state index contributed by atoms with van der Waals surface area (Å²) in [6.45, 7) is 2.94. The van der Waals surface area contributed by atoms with Crippen molar-refractivity contribution in [2.75, 3.05) is 0 Å². The van der Waals surface area contributed by atoms with Crippen molar-refractivity contribution < 1.29 is 8.78 Å². The van der Waals surface area contributed by atoms with Gasteiger partial charge in [0.25, 0.3) is 0 Å². The van der Waals surface area contributed by atoms with E-state index in [1.807, 2.05) is 6.20 Å². The molecule has 0 unspecified atom stereocenters. The lowest BCUT2D eigenvalue weighted by molar-refractivity contribution is 0.568. The molecular formula is C13H14F2N2S. The van der Waals surface area contributed by atoms with Crippen molar-refractivity contribution in [1.29, 1.82) is 0 Å². The molecule has 2 nitrogen and oxygen atoms in total. The second kappa shape index (κ2) is 6.02. The van der Waals surface area contributed by atoms with Gasteiger partial charge in [-0.3, -0.25) is 0 Å². The number of hydrogen-bond donors (Lipinski definition) is 1. The van der Waals surface area contributed by atoms with Crippen molar-refractivity contribution in [1.82, 2.24) is 10.3 Å². The summed E-state index contributed by atoms with van der Waals surface area (Å²) in [6.07, 6.45) is 2.82. The molecule has 5 heteroatoms. The van der Waals surface area contributed by atoms with Crippen LogP contribution in [0.3, 0.4) is 0 Å². The van der Waals surface area contributed by atoms with E-state index in [4.69, 9.17) is 0 Å². The molecular weight excluding hydrogens is 254 g/mol. The molecule has 0 saturated heterocycles. The Morgan fingerprint density at radius 3 is 2.83 bits per heavy atom. The molecule has 0 fully saturated rings. The lowest BCUT2D eigenvalue weighted by atomic mass is 10.2. The number of aromatic nitrogens is 1. The Morgan fingerprint density at radius 2 is 2.11 bits per heavy atom. The molecule has 2 rings (SSSR count). The first-order valence-electron chi connectivity index (χ1n) is 5.77. The average Bonchev–Trinajstić information content (AvgIpc) is 2.81. The zero-order valence-electron chi connectivity index (χ0n) is 10.0. The predicted molar refractivity (Wildman–Crippen MR) is 68.4 cm³/mol. The Kier molecular flexibility index (Phi) is 4.38. The van der Waals surface area contributed by atoms with Crippen LogP contribution >= 0.6 is 11.3 Å². The Balaban J connectivity index is 1.90. The second-order valence-corrected chi connectivity index (χ2v) is 5.11. The van der Waals surface area contributed by atoms with E-state index in [1.54, 1.807) is 11.3 Å². The van der Waals surface area contributed by atoms with Crippen LogP contribution in [0.2, 0.25) is 0 Å². The fraction of sp³-hybridized carbons (Fsp3) is 0.308. The van der Waals surface area contributed by atoms with Gasteiger partial charge in [-0.25, -0.2) is 13.8 Å². The summed E-state index contributed by atoms with van der Waals surface area (Å²) >= 11 is 1.63. The highest BCUT2D eigenvalue weighted by Gasteiger charge is 2.04. The highest BCUT2D eigenvalue weighted by Crippen LogP contribution is 2.14. The summed E-state index contributed by atoms with van der Waals surface area (Å²) in [5.74, 6) is -0.812. The molecule has 96 valence electrons. The minimum absolute atomic E-state index is 0.296. The Labute approximate surface area is 109 Å². The Bertz CT molecular complexity index is 525. The maximum absolute atomic E-state index is 13.3. The SMILES string of the molecule is CCc1cnc(CNCc2cc(F)ccc2F)s1. The van der Waals surface area contributed by atoms with Crippen molar-refractivity contribution in [3.05, 3.63) is 51.5 Å². The molecule has 0 aliphatic carbocycles. The largest absolute Gasteiger partial charge is 0.306 e. The van der Waals surface area contributed by atoms with Crippen LogP contribution in [0.5, 0.6) is 0 Å². The molecule has 0 aliphatic heterocycles. The van der Waals surface area contributed by atoms with E-state index in [-0.39, 0.29) is 0 Å². The van der Waals surface area contributed by atoms with Crippen molar-refractivity contribution in [3.63, 3.8) is 0 Å². The van der Waals surface area contributed by atoms with E-state index in [9.17, 15) is 8.78 Å². The zero-order chi connectivity index (χ0) is 13.0. The van der Waals surface area contributed by atoms with Gasteiger partial charge in [0.1, 0.15) is 16.6 Å². The predicted octanol–water partition coefficient (Wildman–Crippen LogP) is 3.27. The monoisotopic (exact) mass is 268 g/mol. The first-order valence-corrected chi connectivity index (χ1v) is 6.59. The number of nitrogens with zero attached hydrogens (tertiary/aromatic N) is 1. The summed E-state index contributed by atoms with van der Waals surface area (Å²) in [6, 6.07) is 3.47. The third-order valence-corrected chi connectivity index (χ3v) is 3.69. The van der Waals surface area contributed by atoms with Crippen LogP contribution in [0.15, 0.2) is 24.4 Å². The first-order chi connectivity index (χ1) is 8.69. The number of hydrogen-bond acceptors (Lipinski definition) is 3. The number of halogens is 2. The third-order valence-electron chi connectivity index (χ3n) is 2.55. The molecule has 2 aromatic rings. The van der Waals surface area contributed by atoms with Gasteiger partial charge >= 0.3 is 0 Å². The highest BCUT2D eigenvalue weighted by atomic mass is 32.1. The van der Waals surface area contributed by atoms with Gasteiger partial charge in [-0.05, 0) is 24.6 Å². The van der Waals surface area contributed by atoms with E-state index < -0.39 is 11.6 Å². The first kappa shape index (κ1) is 13.1. The van der Waals surface area contributed by atoms with E-state index in [0.717, 1.165) is 23.6 Å². The van der Waals surface area contributed by atoms with Gasteiger partial charge in [-0.2, -0.15) is 0 Å². The van der Waals surface area contributed by atoms with Gasteiger partial charge in [-0.15, -0.1) is 11.3 Å². The van der Waals surface area contributed by atoms with Gasteiger partial charge in [0.05, 0.1) is 0 Å². The second-order valence-electron chi connectivity index (χ2n) is 3.91. The fourth-order valence-electron chi connectivity index (χ4n) is 1.58. The number of benzene rings is 1. The van der Waals surface area contributed by atoms with Crippen LogP contribution in [0.25, 0.3) is 0 Å². The van der Waals surface area contributed by atoms with Crippen LogP contribution in [-0.2, 0) is 19.5 Å². The number of thiazole rings is 1. The molecule has 0 bridgehead atoms. The fourth-order valence-corrected chi connectivity index (χ4v) is 2.41. The molecule has 0 atom stereocenters. The smallest absolute Gasteiger partial charge is 0.127 e. The minimum Gasteiger partial charge on any atom is -0.306 e. The quantitative estimate of drug-likeness (QED) is 0.900. The van der Waals surface area contributed by atoms with Gasteiger partial charge in [-0.1, -0.05) is 6.92 Å². The van der Waals surface area contributed by atoms with Crippen LogP contribution < -0.4 is 5.32 Å². The lowest BCUT2D eigenvalue weighted by Crippen LogP contribution is -2.13. The third kappa shape index (κ3) is 3.34. The molecule has 1 N–H and O–H groups in total. The average molecular weight is 268 g/mol. The summed E-state index contributed by atoms with van der Waals surface area (Å²) in [5, 5.41) is 4.03. The maximum Gasteiger partial charge on any atom is 0.127 e. The van der Waals surface area contributed by atoms with Crippen molar-refractivity contribution in [3.8, 4) is 0 Å². The van der Waals surface area contributed by atoms with Crippen molar-refractivity contribution >= 4 is 11.3 Å². The van der Waals surface area contributed by atoms with Crippen molar-refractivity contribution in [2.24, 2.45) is 0 Å². The number of aryl methyl sites for hydroxylation is 1. The van der Waals surface area contributed by atoms with Gasteiger partial charge in [0.2, 0.25) is 0 Å². The van der Waals surface area contributed by atoms with Crippen LogP contribution in [0.1, 0.15) is 22.4 Å². The molecule has 0 aliphatic rings. The van der Waals surface area contributed by atoms with Crippen LogP contribution in [0, 0.1) is 11.6 Å². The number of nitrogens with one attached hydrogen (secondary N) is 1. The minimum atomic E-state index is -0.421. The maximum atomic E-state index is 13.3. The standard InChI is InChI=1S/C13H14F2N2S/c1-2-11-7-17-13(18-11)8-16-6-9-5-10(14)3-4-12(9)15/h3-5,7,16H,2,6,8H2,1H3. The Morgan fingerprint density at radius 1 is 1.28 bits per heavy atom. The summed E-state index contributed by atoms with van der Waals surface area (Å²) < 4.78 is 26.3. The molecule has 0 radical (unpaired) electrons. The molecule has 1 aromatic heterocycles. The lowest BCUT2D eigenvalue weighted by Gasteiger charge is -2.04. The van der Waals surface area contributed by atoms with Crippen molar-refractivity contribution in [2.45, 2.75) is 26.4 Å². The molecule has 0 saturated carbocycles. The highest BCUT2D eigenvalue weighted by molar-refractivity contribution is 7.11.